The number of rotatable bonds is 12. The average molecular weight is 612 g/mol. The number of phenolic OH excluding ortho intramolecular Hbond substituents is 1. The zero-order valence-electron chi connectivity index (χ0n) is 23.2. The number of hydrogen-bond donors (Lipinski definition) is 5. The van der Waals surface area contributed by atoms with Crippen molar-refractivity contribution in [1.82, 2.24) is 10.6 Å². The number of β-amino-alcohol motifs (C(OH)–C–C–N with tert-alkyl or cyclic N) is 1. The highest BCUT2D eigenvalue weighted by atomic mass is 32.2. The van der Waals surface area contributed by atoms with Crippen LogP contribution < -0.4 is 15.4 Å². The minimum Gasteiger partial charge on any atom is -0.506 e. The molecule has 1 atom stereocenters. The van der Waals surface area contributed by atoms with Crippen molar-refractivity contribution in [2.75, 3.05) is 17.5 Å². The summed E-state index contributed by atoms with van der Waals surface area (Å²) in [6.45, 7) is 3.77. The van der Waals surface area contributed by atoms with E-state index in [1.165, 1.54) is 18.2 Å². The van der Waals surface area contributed by atoms with Crippen LogP contribution in [0.5, 0.6) is 5.75 Å². The molecule has 13 heteroatoms. The van der Waals surface area contributed by atoms with Gasteiger partial charge in [0.25, 0.3) is 0 Å². The van der Waals surface area contributed by atoms with Gasteiger partial charge in [0.15, 0.2) is 0 Å². The minimum absolute atomic E-state index is 0.00213. The van der Waals surface area contributed by atoms with Gasteiger partial charge in [-0.25, -0.2) is 12.8 Å². The molecule has 0 aliphatic carbocycles. The van der Waals surface area contributed by atoms with Crippen LogP contribution in [-0.2, 0) is 40.4 Å². The summed E-state index contributed by atoms with van der Waals surface area (Å²) in [4.78, 5) is 12.3. The molecule has 3 rings (SSSR count). The molecule has 0 aliphatic rings. The Balaban J connectivity index is 1.52. The van der Waals surface area contributed by atoms with Gasteiger partial charge in [0.05, 0.1) is 30.0 Å². The third kappa shape index (κ3) is 10.3. The Morgan fingerprint density at radius 3 is 2.21 bits per heavy atom. The van der Waals surface area contributed by atoms with E-state index in [-0.39, 0.29) is 36.5 Å². The van der Waals surface area contributed by atoms with Gasteiger partial charge in [-0.15, -0.1) is 0 Å². The Kier molecular flexibility index (Phi) is 10.2. The number of aliphatic hydroxyl groups is 1. The highest BCUT2D eigenvalue weighted by molar-refractivity contribution is 7.92. The molecule has 0 unspecified atom stereocenters. The number of anilines is 1. The van der Waals surface area contributed by atoms with E-state index in [1.807, 2.05) is 26.0 Å². The van der Waals surface area contributed by atoms with Gasteiger partial charge >= 0.3 is 6.18 Å². The normalized spacial score (nSPS) is 13.0. The van der Waals surface area contributed by atoms with Gasteiger partial charge in [0, 0.05) is 18.6 Å². The number of amides is 1. The summed E-state index contributed by atoms with van der Waals surface area (Å²) in [5.41, 5.74) is 0.404. The van der Waals surface area contributed by atoms with Crippen molar-refractivity contribution in [3.8, 4) is 5.75 Å². The summed E-state index contributed by atoms with van der Waals surface area (Å²) in [5.74, 6) is -1.73. The lowest BCUT2D eigenvalue weighted by atomic mass is 9.93. The molecule has 0 fully saturated rings. The maximum absolute atomic E-state index is 13.6. The van der Waals surface area contributed by atoms with Crippen LogP contribution in [0.25, 0.3) is 0 Å². The summed E-state index contributed by atoms with van der Waals surface area (Å²) < 4.78 is 77.5. The number of phenols is 1. The topological polar surface area (TPSA) is 128 Å². The Hall–Kier alpha value is -3.68. The molecule has 3 aromatic carbocycles. The van der Waals surface area contributed by atoms with Crippen molar-refractivity contribution in [2.24, 2.45) is 0 Å². The monoisotopic (exact) mass is 611 g/mol. The maximum atomic E-state index is 13.6. The molecule has 0 saturated heterocycles. The fourth-order valence-electron chi connectivity index (χ4n) is 4.25. The summed E-state index contributed by atoms with van der Waals surface area (Å²) in [6.07, 6.45) is -4.18. The van der Waals surface area contributed by atoms with E-state index in [2.05, 4.69) is 15.4 Å². The van der Waals surface area contributed by atoms with Crippen molar-refractivity contribution >= 4 is 21.6 Å². The molecular formula is C29H33F4N3O5S. The first-order valence-corrected chi connectivity index (χ1v) is 14.7. The number of carbonyl (C=O) groups is 1. The van der Waals surface area contributed by atoms with Crippen LogP contribution >= 0.6 is 0 Å². The Labute approximate surface area is 241 Å². The van der Waals surface area contributed by atoms with Crippen LogP contribution in [0.15, 0.2) is 60.7 Å². The van der Waals surface area contributed by atoms with Gasteiger partial charge < -0.3 is 20.8 Å². The summed E-state index contributed by atoms with van der Waals surface area (Å²) in [6, 6.07) is 13.5. The summed E-state index contributed by atoms with van der Waals surface area (Å²) in [7, 11) is -3.62. The molecule has 0 heterocycles. The molecule has 0 radical (unpaired) electrons. The van der Waals surface area contributed by atoms with Gasteiger partial charge in [-0.1, -0.05) is 30.3 Å². The number of hydrogen-bond acceptors (Lipinski definition) is 6. The Bertz CT molecular complexity index is 1510. The van der Waals surface area contributed by atoms with E-state index in [9.17, 15) is 41.0 Å². The smallest absolute Gasteiger partial charge is 0.416 e. The largest absolute Gasteiger partial charge is 0.506 e. The number of carbonyl (C=O) groups excluding carboxylic acids is 1. The van der Waals surface area contributed by atoms with Gasteiger partial charge in [-0.3, -0.25) is 9.52 Å². The second-order valence-electron chi connectivity index (χ2n) is 10.7. The van der Waals surface area contributed by atoms with Crippen LogP contribution in [0.2, 0.25) is 0 Å². The van der Waals surface area contributed by atoms with Gasteiger partial charge in [-0.05, 0) is 72.9 Å². The second kappa shape index (κ2) is 13.1. The van der Waals surface area contributed by atoms with E-state index >= 15 is 0 Å². The number of nitrogens with one attached hydrogen (secondary N) is 3. The number of benzene rings is 3. The molecule has 0 spiro atoms. The lowest BCUT2D eigenvalue weighted by Crippen LogP contribution is -2.43. The molecule has 0 aliphatic heterocycles. The zero-order chi connectivity index (χ0) is 31.3. The molecule has 0 bridgehead atoms. The first-order valence-electron chi connectivity index (χ1n) is 12.9. The fourth-order valence-corrected chi connectivity index (χ4v) is 4.81. The van der Waals surface area contributed by atoms with Crippen LogP contribution in [0.1, 0.15) is 47.8 Å². The second-order valence-corrected chi connectivity index (χ2v) is 12.5. The summed E-state index contributed by atoms with van der Waals surface area (Å²) >= 11 is 0. The third-order valence-electron chi connectivity index (χ3n) is 6.28. The number of aromatic hydroxyl groups is 1. The number of aliphatic hydroxyl groups excluding tert-OH is 1. The van der Waals surface area contributed by atoms with E-state index in [0.29, 0.717) is 23.6 Å². The SMILES string of the molecule is CC(C)(Cc1ccc(CC(=O)NCc2cc(F)cc(C(F)(F)F)c2)cc1)NC[C@H](O)c1ccc(O)c(NS(C)(=O)=O)c1. The maximum Gasteiger partial charge on any atom is 0.416 e. The van der Waals surface area contributed by atoms with Gasteiger partial charge in [0.2, 0.25) is 15.9 Å². The first kappa shape index (κ1) is 32.8. The van der Waals surface area contributed by atoms with Crippen LogP contribution in [-0.4, -0.2) is 42.9 Å². The van der Waals surface area contributed by atoms with Crippen molar-refractivity contribution in [3.05, 3.63) is 94.3 Å². The van der Waals surface area contributed by atoms with E-state index in [1.54, 1.807) is 12.1 Å². The lowest BCUT2D eigenvalue weighted by molar-refractivity contribution is -0.137. The molecule has 0 aromatic heterocycles. The van der Waals surface area contributed by atoms with E-state index in [4.69, 9.17) is 0 Å². The standard InChI is InChI=1S/C29H33F4N3O5S/c1-28(2,35-17-26(38)21-8-9-25(37)24(13-21)36-42(3,40)41)15-19-6-4-18(5-7-19)12-27(39)34-16-20-10-22(29(31,32)33)14-23(30)11-20/h4-11,13-14,26,35-38H,12,15-17H2,1-3H3,(H,34,39)/t26-/m0/s1. The van der Waals surface area contributed by atoms with Crippen molar-refractivity contribution < 1.29 is 41.0 Å². The van der Waals surface area contributed by atoms with Crippen LogP contribution in [0, 0.1) is 5.82 Å². The molecular weight excluding hydrogens is 578 g/mol. The lowest BCUT2D eigenvalue weighted by Gasteiger charge is -2.28. The molecule has 42 heavy (non-hydrogen) atoms. The van der Waals surface area contributed by atoms with Crippen molar-refractivity contribution in [2.45, 2.75) is 51.1 Å². The predicted molar refractivity (Wildman–Crippen MR) is 151 cm³/mol. The number of halogens is 4. The van der Waals surface area contributed by atoms with Crippen molar-refractivity contribution in [3.63, 3.8) is 0 Å². The zero-order valence-corrected chi connectivity index (χ0v) is 24.0. The van der Waals surface area contributed by atoms with Gasteiger partial charge in [-0.2, -0.15) is 13.2 Å². The van der Waals surface area contributed by atoms with Crippen LogP contribution in [0.3, 0.4) is 0 Å². The average Bonchev–Trinajstić information content (AvgIpc) is 2.87. The fraction of sp³-hybridized carbons (Fsp3) is 0.345. The van der Waals surface area contributed by atoms with E-state index < -0.39 is 45.1 Å². The number of alkyl halides is 3. The molecule has 5 N–H and O–H groups in total. The molecule has 3 aromatic rings. The first-order chi connectivity index (χ1) is 19.4. The van der Waals surface area contributed by atoms with E-state index in [0.717, 1.165) is 24.0 Å². The Morgan fingerprint density at radius 2 is 1.60 bits per heavy atom. The van der Waals surface area contributed by atoms with Gasteiger partial charge in [0.1, 0.15) is 11.6 Å². The number of sulfonamides is 1. The summed E-state index contributed by atoms with van der Waals surface area (Å²) in [5, 5.41) is 26.3. The molecule has 1 amide bonds. The molecule has 228 valence electrons. The molecule has 8 nitrogen and oxygen atoms in total. The third-order valence-corrected chi connectivity index (χ3v) is 6.87. The molecule has 0 saturated carbocycles. The highest BCUT2D eigenvalue weighted by Gasteiger charge is 2.31. The van der Waals surface area contributed by atoms with Crippen LogP contribution in [0.4, 0.5) is 23.2 Å². The quantitative estimate of drug-likeness (QED) is 0.152. The highest BCUT2D eigenvalue weighted by Crippen LogP contribution is 2.31. The Morgan fingerprint density at radius 1 is 0.952 bits per heavy atom. The minimum atomic E-state index is -4.69. The predicted octanol–water partition coefficient (Wildman–Crippen LogP) is 4.42. The van der Waals surface area contributed by atoms with Crippen molar-refractivity contribution in [1.29, 1.82) is 0 Å².